The maximum Gasteiger partial charge on any atom is 1.00 e. The van der Waals surface area contributed by atoms with Gasteiger partial charge >= 0.3 is 59.1 Å². The Labute approximate surface area is 247 Å². The summed E-state index contributed by atoms with van der Waals surface area (Å²) in [6, 6.07) is 39.4. The Morgan fingerprint density at radius 3 is 1.29 bits per heavy atom. The zero-order valence-electron chi connectivity index (χ0n) is 19.7. The summed E-state index contributed by atoms with van der Waals surface area (Å²) in [6.07, 6.45) is 0.397. The minimum absolute atomic E-state index is 0. The minimum Gasteiger partial charge on any atom is -0.869 e. The molecule has 1 aliphatic heterocycles. The van der Waals surface area contributed by atoms with Crippen LogP contribution >= 0.6 is 0 Å². The molecule has 0 saturated carbocycles. The summed E-state index contributed by atoms with van der Waals surface area (Å²) in [5, 5.41) is 1.55. The van der Waals surface area contributed by atoms with E-state index in [1.54, 1.807) is 0 Å². The third kappa shape index (κ3) is 4.77. The van der Waals surface area contributed by atoms with Crippen molar-refractivity contribution in [2.75, 3.05) is 0 Å². The van der Waals surface area contributed by atoms with Crippen molar-refractivity contribution in [2.24, 2.45) is 0 Å². The van der Waals surface area contributed by atoms with Crippen LogP contribution in [0, 0.1) is 0 Å². The zero-order valence-corrected chi connectivity index (χ0v) is 25.7. The molecule has 0 amide bonds. The zero-order chi connectivity index (χ0) is 22.1. The molecule has 1 saturated heterocycles. The van der Waals surface area contributed by atoms with Gasteiger partial charge in [-0.2, -0.15) is 0 Å². The van der Waals surface area contributed by atoms with Gasteiger partial charge in [0, 0.05) is 0 Å². The van der Waals surface area contributed by atoms with Crippen molar-refractivity contribution in [1.82, 2.24) is 0 Å². The molecule has 1 heterocycles. The van der Waals surface area contributed by atoms with Crippen LogP contribution in [0.5, 0.6) is 0 Å². The van der Waals surface area contributed by atoms with Crippen LogP contribution in [0.3, 0.4) is 0 Å². The van der Waals surface area contributed by atoms with Gasteiger partial charge in [0.1, 0.15) is 5.60 Å². The van der Waals surface area contributed by atoms with E-state index in [4.69, 9.17) is 4.43 Å². The molecule has 4 aromatic carbocycles. The molecule has 4 aromatic rings. The Bertz CT molecular complexity index is 1100. The molecular weight excluding hydrogens is 474 g/mol. The van der Waals surface area contributed by atoms with Crippen molar-refractivity contribution in [3.63, 3.8) is 0 Å². The normalized spacial score (nSPS) is 17.6. The van der Waals surface area contributed by atoms with E-state index in [2.05, 4.69) is 0 Å². The average Bonchev–Trinajstić information content (AvgIpc) is 2.86. The Balaban J connectivity index is 0.00000162. The van der Waals surface area contributed by atoms with Gasteiger partial charge in [-0.3, -0.25) is 0 Å². The van der Waals surface area contributed by atoms with E-state index in [0.29, 0.717) is 6.42 Å². The summed E-state index contributed by atoms with van der Waals surface area (Å²) >= 11 is 0. The average molecular weight is 499 g/mol. The maximum absolute atomic E-state index is 14.0. The fraction of sp³-hybridized carbons (Fsp3) is 0.111. The molecule has 0 spiro atoms. The Kier molecular flexibility index (Phi) is 9.39. The minimum atomic E-state index is -4.29. The fourth-order valence-electron chi connectivity index (χ4n) is 4.96. The third-order valence-electron chi connectivity index (χ3n) is 6.51. The summed E-state index contributed by atoms with van der Waals surface area (Å²) in [6.45, 7) is 0. The van der Waals surface area contributed by atoms with E-state index < -0.39 is 21.5 Å². The first-order chi connectivity index (χ1) is 15.6. The van der Waals surface area contributed by atoms with Gasteiger partial charge in [-0.15, -0.1) is 8.08 Å². The first-order valence-corrected chi connectivity index (χ1v) is 15.8. The Morgan fingerprint density at radius 2 is 0.912 bits per heavy atom. The molecule has 1 fully saturated rings. The first-order valence-electron chi connectivity index (χ1n) is 10.9. The van der Waals surface area contributed by atoms with E-state index in [1.807, 2.05) is 121 Å². The molecule has 0 bridgehead atoms. The number of hydrogen-bond donors (Lipinski definition) is 0. The Morgan fingerprint density at radius 1 is 0.559 bits per heavy atom. The van der Waals surface area contributed by atoms with Crippen molar-refractivity contribution in [1.29, 1.82) is 0 Å². The topological polar surface area (TPSA) is 55.3 Å². The van der Waals surface area contributed by atoms with Crippen LogP contribution in [-0.4, -0.2) is 15.9 Å². The molecule has 0 unspecified atom stereocenters. The predicted molar refractivity (Wildman–Crippen MR) is 128 cm³/mol. The van der Waals surface area contributed by atoms with Crippen LogP contribution in [0.2, 0.25) is 6.04 Å². The second-order valence-corrected chi connectivity index (χ2v) is 17.5. The summed E-state index contributed by atoms with van der Waals surface area (Å²) in [5.41, 5.74) is 1.13. The van der Waals surface area contributed by atoms with Crippen LogP contribution in [0.15, 0.2) is 121 Å². The van der Waals surface area contributed by atoms with Gasteiger partial charge in [0.15, 0.2) is 0 Å². The molecule has 0 aliphatic carbocycles. The van der Waals surface area contributed by atoms with Crippen LogP contribution in [-0.2, 0) is 10.0 Å². The van der Waals surface area contributed by atoms with Crippen molar-refractivity contribution in [3.8, 4) is 0 Å². The van der Waals surface area contributed by atoms with Gasteiger partial charge in [-0.1, -0.05) is 127 Å². The van der Waals surface area contributed by atoms with Crippen molar-refractivity contribution < 1.29 is 73.1 Å². The number of rotatable bonds is 4. The molecule has 7 heteroatoms. The smallest absolute Gasteiger partial charge is 0.869 e. The van der Waals surface area contributed by atoms with Crippen LogP contribution in [0.4, 0.5) is 0 Å². The molecule has 34 heavy (non-hydrogen) atoms. The maximum atomic E-state index is 14.0. The van der Waals surface area contributed by atoms with E-state index >= 15 is 0 Å². The van der Waals surface area contributed by atoms with Gasteiger partial charge in [0.2, 0.25) is 7.83 Å². The van der Waals surface area contributed by atoms with Crippen molar-refractivity contribution in [3.05, 3.63) is 132 Å². The second-order valence-electron chi connectivity index (χ2n) is 8.33. The van der Waals surface area contributed by atoms with Crippen molar-refractivity contribution in [2.45, 2.75) is 18.1 Å². The monoisotopic (exact) mass is 498 g/mol. The standard InChI is InChI=1S/C27H24O3Si2.2Na/c28-31(29)22-21-27(23-13-5-1-6-14-23,24-15-7-2-8-16-24)30-32(31,25-17-9-3-10-18-25)26-19-11-4-12-20-26;;/h1-20H,21-22H2;;/q-2;2*+1. The quantitative estimate of drug-likeness (QED) is 0.273. The summed E-state index contributed by atoms with van der Waals surface area (Å²) in [7, 11) is -7.93. The van der Waals surface area contributed by atoms with Crippen LogP contribution in [0.1, 0.15) is 17.5 Å². The molecule has 0 radical (unpaired) electrons. The van der Waals surface area contributed by atoms with Crippen molar-refractivity contribution >= 4 is 26.3 Å². The molecule has 5 rings (SSSR count). The molecule has 160 valence electrons. The van der Waals surface area contributed by atoms with Gasteiger partial charge < -0.3 is 14.0 Å². The summed E-state index contributed by atoms with van der Waals surface area (Å²) in [5.74, 6) is 0. The Hall–Kier alpha value is -0.806. The van der Waals surface area contributed by atoms with E-state index in [-0.39, 0.29) is 65.2 Å². The van der Waals surface area contributed by atoms with Gasteiger partial charge in [0.05, 0.1) is 0 Å². The van der Waals surface area contributed by atoms with Gasteiger partial charge in [0.25, 0.3) is 0 Å². The summed E-state index contributed by atoms with van der Waals surface area (Å²) < 4.78 is 7.20. The molecule has 0 N–H and O–H groups in total. The molecule has 0 aromatic heterocycles. The SMILES string of the molecule is [Na+].[Na+].[O-][Si]1([O-])CCC(c2ccccc2)(c2ccccc2)O[Si]1(c1ccccc1)c1ccccc1. The summed E-state index contributed by atoms with van der Waals surface area (Å²) in [4.78, 5) is 28.1. The molecular formula is C27H24Na2O3Si2. The third-order valence-corrected chi connectivity index (χ3v) is 17.4. The van der Waals surface area contributed by atoms with Gasteiger partial charge in [-0.25, -0.2) is 0 Å². The fourth-order valence-corrected chi connectivity index (χ4v) is 15.8. The van der Waals surface area contributed by atoms with Gasteiger partial charge in [-0.05, 0) is 27.9 Å². The van der Waals surface area contributed by atoms with E-state index in [0.717, 1.165) is 21.5 Å². The number of hydrogen-bond acceptors (Lipinski definition) is 3. The predicted octanol–water partition coefficient (Wildman–Crippen LogP) is -3.64. The molecule has 0 atom stereocenters. The second kappa shape index (κ2) is 11.5. The van der Waals surface area contributed by atoms with E-state index in [1.165, 1.54) is 0 Å². The van der Waals surface area contributed by atoms with E-state index in [9.17, 15) is 9.59 Å². The van der Waals surface area contributed by atoms with Crippen LogP contribution < -0.4 is 79.1 Å². The number of benzene rings is 4. The largest absolute Gasteiger partial charge is 1.00 e. The first kappa shape index (κ1) is 27.8. The molecule has 1 aliphatic rings. The molecule has 3 nitrogen and oxygen atoms in total. The van der Waals surface area contributed by atoms with Crippen LogP contribution in [0.25, 0.3) is 0 Å².